The number of nitrogens with one attached hydrogen (secondary N) is 1. The molecule has 2 rings (SSSR count). The largest absolute Gasteiger partial charge is 0.481 e. The first-order valence-corrected chi connectivity index (χ1v) is 8.62. The smallest absolute Gasteiger partial charge is 0.308 e. The molecule has 1 aromatic carbocycles. The van der Waals surface area contributed by atoms with Crippen LogP contribution in [0.1, 0.15) is 41.6 Å². The molecule has 2 N–H and O–H groups in total. The lowest BCUT2D eigenvalue weighted by Crippen LogP contribution is -2.45. The molecule has 1 fully saturated rings. The minimum absolute atomic E-state index is 0.177. The predicted octanol–water partition coefficient (Wildman–Crippen LogP) is 2.92. The van der Waals surface area contributed by atoms with E-state index in [2.05, 4.69) is 5.32 Å². The number of rotatable bonds is 5. The monoisotopic (exact) mass is 307 g/mol. The van der Waals surface area contributed by atoms with E-state index in [9.17, 15) is 14.7 Å². The predicted molar refractivity (Wildman–Crippen MR) is 84.5 cm³/mol. The van der Waals surface area contributed by atoms with Gasteiger partial charge in [0.05, 0.1) is 5.92 Å². The van der Waals surface area contributed by atoms with Crippen LogP contribution in [0.25, 0.3) is 0 Å². The molecule has 4 nitrogen and oxygen atoms in total. The summed E-state index contributed by atoms with van der Waals surface area (Å²) in [4.78, 5) is 23.5. The Morgan fingerprint density at radius 2 is 1.90 bits per heavy atom. The highest BCUT2D eigenvalue weighted by Gasteiger charge is 2.31. The average molecular weight is 307 g/mol. The first-order chi connectivity index (χ1) is 10.1. The van der Waals surface area contributed by atoms with Crippen LogP contribution in [0.15, 0.2) is 24.3 Å². The molecule has 1 aliphatic carbocycles. The van der Waals surface area contributed by atoms with E-state index in [-0.39, 0.29) is 11.9 Å². The molecule has 0 bridgehead atoms. The Bertz CT molecular complexity index is 501. The molecule has 2 unspecified atom stereocenters. The fraction of sp³-hybridized carbons (Fsp3) is 0.500. The Kier molecular flexibility index (Phi) is 5.67. The summed E-state index contributed by atoms with van der Waals surface area (Å²) in [5.74, 6) is -0.524. The second-order valence-electron chi connectivity index (χ2n) is 5.44. The SMILES string of the molecule is CSCc1ccc(C(=O)NC2CCCCC2C(=O)O)cc1. The van der Waals surface area contributed by atoms with Gasteiger partial charge in [-0.1, -0.05) is 25.0 Å². The molecule has 1 saturated carbocycles. The lowest BCUT2D eigenvalue weighted by Gasteiger charge is -2.29. The van der Waals surface area contributed by atoms with Crippen LogP contribution >= 0.6 is 11.8 Å². The summed E-state index contributed by atoms with van der Waals surface area (Å²) in [5.41, 5.74) is 1.77. The molecule has 0 spiro atoms. The van der Waals surface area contributed by atoms with Crippen molar-refractivity contribution in [1.82, 2.24) is 5.32 Å². The van der Waals surface area contributed by atoms with Crippen LogP contribution in [0.3, 0.4) is 0 Å². The van der Waals surface area contributed by atoms with Crippen molar-refractivity contribution in [2.75, 3.05) is 6.26 Å². The van der Waals surface area contributed by atoms with Gasteiger partial charge in [0.15, 0.2) is 0 Å². The Balaban J connectivity index is 2.00. The molecule has 114 valence electrons. The quantitative estimate of drug-likeness (QED) is 0.878. The molecule has 1 aliphatic rings. The molecule has 1 amide bonds. The summed E-state index contributed by atoms with van der Waals surface area (Å²) in [7, 11) is 0. The van der Waals surface area contributed by atoms with Crippen molar-refractivity contribution in [3.8, 4) is 0 Å². The molecule has 0 aromatic heterocycles. The van der Waals surface area contributed by atoms with Crippen LogP contribution in [0.4, 0.5) is 0 Å². The van der Waals surface area contributed by atoms with Gasteiger partial charge in [-0.05, 0) is 36.8 Å². The van der Waals surface area contributed by atoms with Crippen molar-refractivity contribution >= 4 is 23.6 Å². The Hall–Kier alpha value is -1.49. The van der Waals surface area contributed by atoms with Gasteiger partial charge in [-0.3, -0.25) is 9.59 Å². The van der Waals surface area contributed by atoms with Crippen molar-refractivity contribution in [2.45, 2.75) is 37.5 Å². The third kappa shape index (κ3) is 4.24. The number of amides is 1. The zero-order valence-electron chi connectivity index (χ0n) is 12.2. The lowest BCUT2D eigenvalue weighted by molar-refractivity contribution is -0.143. The molecule has 5 heteroatoms. The van der Waals surface area contributed by atoms with Crippen molar-refractivity contribution in [2.24, 2.45) is 5.92 Å². The number of hydrogen-bond donors (Lipinski definition) is 2. The van der Waals surface area contributed by atoms with Gasteiger partial charge in [-0.2, -0.15) is 11.8 Å². The second kappa shape index (κ2) is 7.50. The van der Waals surface area contributed by atoms with E-state index >= 15 is 0 Å². The maximum absolute atomic E-state index is 12.2. The summed E-state index contributed by atoms with van der Waals surface area (Å²) >= 11 is 1.74. The molecule has 0 saturated heterocycles. The van der Waals surface area contributed by atoms with E-state index in [1.54, 1.807) is 23.9 Å². The number of carboxylic acids is 1. The lowest BCUT2D eigenvalue weighted by atomic mass is 9.84. The number of thioether (sulfide) groups is 1. The highest BCUT2D eigenvalue weighted by atomic mass is 32.2. The summed E-state index contributed by atoms with van der Waals surface area (Å²) in [6.45, 7) is 0. The van der Waals surface area contributed by atoms with E-state index in [4.69, 9.17) is 0 Å². The third-order valence-electron chi connectivity index (χ3n) is 3.93. The number of carbonyl (C=O) groups excluding carboxylic acids is 1. The molecule has 2 atom stereocenters. The zero-order valence-corrected chi connectivity index (χ0v) is 13.0. The van der Waals surface area contributed by atoms with Crippen LogP contribution in [-0.4, -0.2) is 29.3 Å². The molecule has 0 aliphatic heterocycles. The van der Waals surface area contributed by atoms with E-state index in [0.29, 0.717) is 12.0 Å². The third-order valence-corrected chi connectivity index (χ3v) is 4.55. The molecular weight excluding hydrogens is 286 g/mol. The van der Waals surface area contributed by atoms with Crippen molar-refractivity contribution in [3.05, 3.63) is 35.4 Å². The van der Waals surface area contributed by atoms with Crippen LogP contribution in [0.2, 0.25) is 0 Å². The highest BCUT2D eigenvalue weighted by Crippen LogP contribution is 2.25. The number of carboxylic acid groups (broad SMARTS) is 1. The maximum Gasteiger partial charge on any atom is 0.308 e. The maximum atomic E-state index is 12.2. The first kappa shape index (κ1) is 15.9. The van der Waals surface area contributed by atoms with Crippen molar-refractivity contribution in [3.63, 3.8) is 0 Å². The zero-order chi connectivity index (χ0) is 15.2. The van der Waals surface area contributed by atoms with Crippen LogP contribution in [-0.2, 0) is 10.5 Å². The van der Waals surface area contributed by atoms with Crippen molar-refractivity contribution in [1.29, 1.82) is 0 Å². The highest BCUT2D eigenvalue weighted by molar-refractivity contribution is 7.97. The van der Waals surface area contributed by atoms with Crippen molar-refractivity contribution < 1.29 is 14.7 Å². The van der Waals surface area contributed by atoms with Gasteiger partial charge in [0.1, 0.15) is 0 Å². The number of carbonyl (C=O) groups is 2. The number of hydrogen-bond acceptors (Lipinski definition) is 3. The Morgan fingerprint density at radius 3 is 2.52 bits per heavy atom. The number of aliphatic carboxylic acids is 1. The van der Waals surface area contributed by atoms with Crippen LogP contribution < -0.4 is 5.32 Å². The minimum atomic E-state index is -0.810. The minimum Gasteiger partial charge on any atom is -0.481 e. The molecule has 21 heavy (non-hydrogen) atoms. The fourth-order valence-electron chi connectivity index (χ4n) is 2.77. The van der Waals surface area contributed by atoms with E-state index in [1.807, 2.05) is 18.4 Å². The fourth-order valence-corrected chi connectivity index (χ4v) is 3.30. The molecule has 0 heterocycles. The summed E-state index contributed by atoms with van der Waals surface area (Å²) < 4.78 is 0. The summed E-state index contributed by atoms with van der Waals surface area (Å²) in [6.07, 6.45) is 5.32. The normalized spacial score (nSPS) is 21.8. The van der Waals surface area contributed by atoms with E-state index in [1.165, 1.54) is 5.56 Å². The van der Waals surface area contributed by atoms with Gasteiger partial charge < -0.3 is 10.4 Å². The van der Waals surface area contributed by atoms with Gasteiger partial charge in [0.25, 0.3) is 5.91 Å². The standard InChI is InChI=1S/C16H21NO3S/c1-21-10-11-6-8-12(9-7-11)15(18)17-14-5-3-2-4-13(14)16(19)20/h6-9,13-14H,2-5,10H2,1H3,(H,17,18)(H,19,20). The summed E-state index contributed by atoms with van der Waals surface area (Å²) in [6, 6.07) is 7.25. The Morgan fingerprint density at radius 1 is 1.24 bits per heavy atom. The van der Waals surface area contributed by atoms with Gasteiger partial charge in [-0.25, -0.2) is 0 Å². The van der Waals surface area contributed by atoms with Gasteiger partial charge in [0, 0.05) is 17.4 Å². The second-order valence-corrected chi connectivity index (χ2v) is 6.31. The Labute approximate surface area is 129 Å². The van der Waals surface area contributed by atoms with E-state index in [0.717, 1.165) is 25.0 Å². The topological polar surface area (TPSA) is 66.4 Å². The van der Waals surface area contributed by atoms with Crippen LogP contribution in [0.5, 0.6) is 0 Å². The van der Waals surface area contributed by atoms with Crippen LogP contribution in [0, 0.1) is 5.92 Å². The summed E-state index contributed by atoms with van der Waals surface area (Å²) in [5, 5.41) is 12.1. The van der Waals surface area contributed by atoms with Gasteiger partial charge in [-0.15, -0.1) is 0 Å². The number of benzene rings is 1. The van der Waals surface area contributed by atoms with Gasteiger partial charge >= 0.3 is 5.97 Å². The molecule has 1 aromatic rings. The first-order valence-electron chi connectivity index (χ1n) is 7.23. The average Bonchev–Trinajstić information content (AvgIpc) is 2.48. The van der Waals surface area contributed by atoms with Gasteiger partial charge in [0.2, 0.25) is 0 Å². The molecule has 0 radical (unpaired) electrons. The molecular formula is C16H21NO3S. The van der Waals surface area contributed by atoms with E-state index < -0.39 is 11.9 Å².